The van der Waals surface area contributed by atoms with E-state index >= 15 is 0 Å². The fraction of sp³-hybridized carbons (Fsp3) is 0.294. The Hall–Kier alpha value is -2.11. The molecule has 120 valence electrons. The van der Waals surface area contributed by atoms with Gasteiger partial charge in [0.2, 0.25) is 0 Å². The number of hydrogen-bond acceptors (Lipinski definition) is 4. The van der Waals surface area contributed by atoms with Gasteiger partial charge in [0.15, 0.2) is 0 Å². The number of fused-ring (bicyclic) bond motifs is 1. The maximum absolute atomic E-state index is 9.86. The Labute approximate surface area is 139 Å². The quantitative estimate of drug-likeness (QED) is 0.793. The first-order chi connectivity index (χ1) is 11.0. The highest BCUT2D eigenvalue weighted by atomic mass is 35.5. The minimum absolute atomic E-state index is 0.227. The molecular weight excluding hydrogens is 314 g/mol. The van der Waals surface area contributed by atoms with Crippen molar-refractivity contribution in [2.24, 2.45) is 0 Å². The van der Waals surface area contributed by atoms with Gasteiger partial charge in [-0.3, -0.25) is 4.98 Å². The lowest BCUT2D eigenvalue weighted by molar-refractivity contribution is 0.184. The molecule has 3 rings (SSSR count). The summed E-state index contributed by atoms with van der Waals surface area (Å²) in [7, 11) is 1.64. The van der Waals surface area contributed by atoms with Crippen LogP contribution in [0.4, 0.5) is 0 Å². The van der Waals surface area contributed by atoms with Crippen molar-refractivity contribution < 1.29 is 9.84 Å². The van der Waals surface area contributed by atoms with Crippen LogP contribution in [0.25, 0.3) is 11.0 Å². The molecule has 0 bridgehead atoms. The molecule has 3 aromatic rings. The third-order valence-electron chi connectivity index (χ3n) is 3.81. The molecule has 1 aromatic carbocycles. The SMILES string of the molecule is COCc1cnc(Cn2c(C)nc3c(C)cc(O)cc32)c(Cl)c1. The number of aromatic nitrogens is 3. The van der Waals surface area contributed by atoms with Crippen molar-refractivity contribution in [3.05, 3.63) is 52.1 Å². The lowest BCUT2D eigenvalue weighted by Crippen LogP contribution is -2.05. The van der Waals surface area contributed by atoms with E-state index in [4.69, 9.17) is 16.3 Å². The van der Waals surface area contributed by atoms with Gasteiger partial charge >= 0.3 is 0 Å². The molecule has 0 spiro atoms. The predicted molar refractivity (Wildman–Crippen MR) is 89.9 cm³/mol. The van der Waals surface area contributed by atoms with Gasteiger partial charge in [0, 0.05) is 19.4 Å². The first-order valence-corrected chi connectivity index (χ1v) is 7.66. The van der Waals surface area contributed by atoms with Crippen LogP contribution in [0.1, 0.15) is 22.6 Å². The van der Waals surface area contributed by atoms with Crippen LogP contribution in [0.5, 0.6) is 5.75 Å². The summed E-state index contributed by atoms with van der Waals surface area (Å²) in [5, 5.41) is 10.5. The molecule has 0 fully saturated rings. The molecule has 0 unspecified atom stereocenters. The Bertz CT molecular complexity index is 874. The number of halogens is 1. The van der Waals surface area contributed by atoms with Gasteiger partial charge in [0.25, 0.3) is 0 Å². The van der Waals surface area contributed by atoms with Crippen molar-refractivity contribution in [1.29, 1.82) is 0 Å². The topological polar surface area (TPSA) is 60.2 Å². The molecule has 2 heterocycles. The van der Waals surface area contributed by atoms with Crippen LogP contribution in [0, 0.1) is 13.8 Å². The molecule has 0 radical (unpaired) electrons. The first-order valence-electron chi connectivity index (χ1n) is 7.28. The summed E-state index contributed by atoms with van der Waals surface area (Å²) in [6.45, 7) is 4.84. The van der Waals surface area contributed by atoms with Crippen LogP contribution in [0.3, 0.4) is 0 Å². The van der Waals surface area contributed by atoms with Crippen LogP contribution >= 0.6 is 11.6 Å². The van der Waals surface area contributed by atoms with Gasteiger partial charge in [-0.1, -0.05) is 11.6 Å². The third-order valence-corrected chi connectivity index (χ3v) is 4.14. The van der Waals surface area contributed by atoms with E-state index in [0.717, 1.165) is 33.7 Å². The minimum Gasteiger partial charge on any atom is -0.508 e. The lowest BCUT2D eigenvalue weighted by Gasteiger charge is -2.10. The molecule has 23 heavy (non-hydrogen) atoms. The van der Waals surface area contributed by atoms with E-state index in [1.807, 2.05) is 24.5 Å². The van der Waals surface area contributed by atoms with E-state index in [2.05, 4.69) is 9.97 Å². The highest BCUT2D eigenvalue weighted by Gasteiger charge is 2.13. The van der Waals surface area contributed by atoms with Crippen molar-refractivity contribution in [3.63, 3.8) is 0 Å². The van der Waals surface area contributed by atoms with Crippen molar-refractivity contribution in [3.8, 4) is 5.75 Å². The number of aryl methyl sites for hydroxylation is 2. The number of hydrogen-bond donors (Lipinski definition) is 1. The Morgan fingerprint density at radius 1 is 1.26 bits per heavy atom. The first kappa shape index (κ1) is 15.8. The summed E-state index contributed by atoms with van der Waals surface area (Å²) in [5.41, 5.74) is 4.39. The zero-order chi connectivity index (χ0) is 16.6. The minimum atomic E-state index is 0.227. The van der Waals surface area contributed by atoms with Gasteiger partial charge in [-0.2, -0.15) is 0 Å². The Balaban J connectivity index is 2.03. The maximum atomic E-state index is 9.86. The Kier molecular flexibility index (Phi) is 4.24. The number of benzene rings is 1. The van der Waals surface area contributed by atoms with Gasteiger partial charge in [-0.15, -0.1) is 0 Å². The number of rotatable bonds is 4. The molecule has 0 aliphatic rings. The second-order valence-electron chi connectivity index (χ2n) is 5.58. The summed E-state index contributed by atoms with van der Waals surface area (Å²) in [5.74, 6) is 1.08. The van der Waals surface area contributed by atoms with Gasteiger partial charge < -0.3 is 14.4 Å². The smallest absolute Gasteiger partial charge is 0.118 e. The summed E-state index contributed by atoms with van der Waals surface area (Å²) >= 11 is 6.35. The van der Waals surface area contributed by atoms with Crippen molar-refractivity contribution in [1.82, 2.24) is 14.5 Å². The number of phenolic OH excluding ortho intramolecular Hbond substituents is 1. The molecule has 6 heteroatoms. The number of ether oxygens (including phenoxy) is 1. The Morgan fingerprint density at radius 2 is 2.04 bits per heavy atom. The van der Waals surface area contributed by atoms with Gasteiger partial charge in [-0.05, 0) is 37.1 Å². The van der Waals surface area contributed by atoms with Crippen molar-refractivity contribution in [2.45, 2.75) is 27.0 Å². The normalized spacial score (nSPS) is 11.3. The molecule has 0 saturated heterocycles. The monoisotopic (exact) mass is 331 g/mol. The molecule has 1 N–H and O–H groups in total. The number of methoxy groups -OCH3 is 1. The molecule has 0 aliphatic heterocycles. The van der Waals surface area contributed by atoms with E-state index in [1.54, 1.807) is 25.4 Å². The average molecular weight is 332 g/mol. The summed E-state index contributed by atoms with van der Waals surface area (Å²) in [6.07, 6.45) is 1.77. The molecule has 0 atom stereocenters. The second kappa shape index (κ2) is 6.18. The number of phenols is 1. The molecule has 0 saturated carbocycles. The lowest BCUT2D eigenvalue weighted by atomic mass is 10.2. The predicted octanol–water partition coefficient (Wildman–Crippen LogP) is 3.60. The van der Waals surface area contributed by atoms with Gasteiger partial charge in [0.1, 0.15) is 11.6 Å². The van der Waals surface area contributed by atoms with Crippen molar-refractivity contribution >= 4 is 22.6 Å². The van der Waals surface area contributed by atoms with E-state index in [0.29, 0.717) is 18.2 Å². The molecule has 5 nitrogen and oxygen atoms in total. The molecular formula is C17H18ClN3O2. The molecule has 0 aliphatic carbocycles. The number of aromatic hydroxyl groups is 1. The molecule has 2 aromatic heterocycles. The maximum Gasteiger partial charge on any atom is 0.118 e. The Morgan fingerprint density at radius 3 is 2.74 bits per heavy atom. The van der Waals surface area contributed by atoms with E-state index in [9.17, 15) is 5.11 Å². The highest BCUT2D eigenvalue weighted by molar-refractivity contribution is 6.31. The van der Waals surface area contributed by atoms with Crippen molar-refractivity contribution in [2.75, 3.05) is 7.11 Å². The van der Waals surface area contributed by atoms with Crippen LogP contribution in [-0.4, -0.2) is 26.8 Å². The number of nitrogens with zero attached hydrogens (tertiary/aromatic N) is 3. The number of imidazole rings is 1. The number of pyridine rings is 1. The van der Waals surface area contributed by atoms with E-state index < -0.39 is 0 Å². The average Bonchev–Trinajstić information content (AvgIpc) is 2.79. The summed E-state index contributed by atoms with van der Waals surface area (Å²) in [6, 6.07) is 5.30. The van der Waals surface area contributed by atoms with Gasteiger partial charge in [-0.25, -0.2) is 4.98 Å². The van der Waals surface area contributed by atoms with Gasteiger partial charge in [0.05, 0.1) is 34.9 Å². The van der Waals surface area contributed by atoms with Crippen LogP contribution in [-0.2, 0) is 17.9 Å². The van der Waals surface area contributed by atoms with Crippen LogP contribution in [0.15, 0.2) is 24.4 Å². The highest BCUT2D eigenvalue weighted by Crippen LogP contribution is 2.26. The largest absolute Gasteiger partial charge is 0.508 e. The fourth-order valence-corrected chi connectivity index (χ4v) is 2.96. The second-order valence-corrected chi connectivity index (χ2v) is 5.99. The summed E-state index contributed by atoms with van der Waals surface area (Å²) in [4.78, 5) is 9.03. The van der Waals surface area contributed by atoms with Crippen LogP contribution in [0.2, 0.25) is 5.02 Å². The van der Waals surface area contributed by atoms with E-state index in [1.165, 1.54) is 0 Å². The fourth-order valence-electron chi connectivity index (χ4n) is 2.71. The standard InChI is InChI=1S/C17H18ClN3O2/c1-10-4-13(22)6-16-17(10)20-11(2)21(16)8-15-14(18)5-12(7-19-15)9-23-3/h4-7,22H,8-9H2,1-3H3. The van der Waals surface area contributed by atoms with E-state index in [-0.39, 0.29) is 5.75 Å². The summed E-state index contributed by atoms with van der Waals surface area (Å²) < 4.78 is 7.10. The zero-order valence-corrected chi connectivity index (χ0v) is 14.1. The van der Waals surface area contributed by atoms with Crippen LogP contribution < -0.4 is 0 Å². The third kappa shape index (κ3) is 3.02. The zero-order valence-electron chi connectivity index (χ0n) is 13.3. The molecule has 0 amide bonds.